The maximum atomic E-state index is 4.41. The maximum Gasteiger partial charge on any atom is 0.109 e. The molecule has 1 heterocycles. The molecule has 4 heteroatoms. The van der Waals surface area contributed by atoms with Gasteiger partial charge in [0.2, 0.25) is 0 Å². The van der Waals surface area contributed by atoms with E-state index >= 15 is 0 Å². The number of benzene rings is 1. The van der Waals surface area contributed by atoms with Crippen LogP contribution in [0, 0.1) is 6.92 Å². The van der Waals surface area contributed by atoms with Gasteiger partial charge in [-0.1, -0.05) is 12.1 Å². The van der Waals surface area contributed by atoms with Gasteiger partial charge in [-0.05, 0) is 31.5 Å². The average Bonchev–Trinajstić information content (AvgIpc) is 2.83. The molecule has 1 aromatic carbocycles. The average molecular weight is 275 g/mol. The summed E-state index contributed by atoms with van der Waals surface area (Å²) in [5.41, 5.74) is 2.53. The lowest BCUT2D eigenvalue weighted by molar-refractivity contribution is 0.572. The molecule has 0 amide bonds. The summed E-state index contributed by atoms with van der Waals surface area (Å²) in [6, 6.07) is 8.93. The summed E-state index contributed by atoms with van der Waals surface area (Å²) in [4.78, 5) is 7.79. The van der Waals surface area contributed by atoms with Crippen LogP contribution in [0.3, 0.4) is 0 Å². The van der Waals surface area contributed by atoms with Crippen LogP contribution in [0.15, 0.2) is 30.5 Å². The summed E-state index contributed by atoms with van der Waals surface area (Å²) >= 11 is 1.76. The Labute approximate surface area is 119 Å². The van der Waals surface area contributed by atoms with E-state index in [2.05, 4.69) is 67.4 Å². The van der Waals surface area contributed by atoms with Gasteiger partial charge < -0.3 is 10.2 Å². The maximum absolute atomic E-state index is 4.41. The quantitative estimate of drug-likeness (QED) is 0.907. The zero-order valence-electron chi connectivity index (χ0n) is 12.0. The topological polar surface area (TPSA) is 28.2 Å². The van der Waals surface area contributed by atoms with E-state index in [1.165, 1.54) is 16.1 Å². The molecule has 2 rings (SSSR count). The minimum Gasteiger partial charge on any atom is -0.378 e. The zero-order valence-corrected chi connectivity index (χ0v) is 12.8. The Balaban J connectivity index is 1.91. The number of aromatic nitrogens is 1. The third-order valence-corrected chi connectivity index (χ3v) is 4.17. The molecule has 2 aromatic rings. The van der Waals surface area contributed by atoms with E-state index < -0.39 is 0 Å². The molecule has 1 atom stereocenters. The summed E-state index contributed by atoms with van der Waals surface area (Å²) in [5.74, 6) is 0. The first-order valence-corrected chi connectivity index (χ1v) is 7.30. The van der Waals surface area contributed by atoms with Crippen LogP contribution in [-0.4, -0.2) is 19.1 Å². The van der Waals surface area contributed by atoms with E-state index in [1.54, 1.807) is 11.3 Å². The third-order valence-electron chi connectivity index (χ3n) is 3.07. The molecule has 19 heavy (non-hydrogen) atoms. The fourth-order valence-electron chi connectivity index (χ4n) is 1.84. The van der Waals surface area contributed by atoms with Crippen LogP contribution in [0.25, 0.3) is 0 Å². The number of hydrogen-bond acceptors (Lipinski definition) is 4. The Bertz CT molecular complexity index is 516. The standard InChI is InChI=1S/C15H21N3S/c1-11-9-17-15(19-11)12(2)16-10-13-5-7-14(8-6-13)18(3)4/h5-9,12,16H,10H2,1-4H3. The molecule has 1 aromatic heterocycles. The van der Waals surface area contributed by atoms with E-state index in [9.17, 15) is 0 Å². The molecule has 0 saturated heterocycles. The number of thiazole rings is 1. The molecule has 0 radical (unpaired) electrons. The van der Waals surface area contributed by atoms with Crippen molar-refractivity contribution < 1.29 is 0 Å². The number of rotatable bonds is 5. The van der Waals surface area contributed by atoms with Crippen molar-refractivity contribution in [2.45, 2.75) is 26.4 Å². The number of nitrogens with one attached hydrogen (secondary N) is 1. The molecule has 1 N–H and O–H groups in total. The van der Waals surface area contributed by atoms with Crippen LogP contribution >= 0.6 is 11.3 Å². The molecular formula is C15H21N3S. The number of nitrogens with zero attached hydrogens (tertiary/aromatic N) is 2. The summed E-state index contributed by atoms with van der Waals surface area (Å²) in [7, 11) is 4.11. The zero-order chi connectivity index (χ0) is 13.8. The molecule has 0 saturated carbocycles. The first kappa shape index (κ1) is 14.0. The fraction of sp³-hybridized carbons (Fsp3) is 0.400. The molecule has 3 nitrogen and oxygen atoms in total. The second-order valence-corrected chi connectivity index (χ2v) is 6.24. The van der Waals surface area contributed by atoms with Gasteiger partial charge in [0, 0.05) is 37.4 Å². The monoisotopic (exact) mass is 275 g/mol. The molecule has 0 bridgehead atoms. The highest BCUT2D eigenvalue weighted by atomic mass is 32.1. The second-order valence-electron chi connectivity index (χ2n) is 4.97. The molecule has 1 unspecified atom stereocenters. The highest BCUT2D eigenvalue weighted by Gasteiger charge is 2.08. The van der Waals surface area contributed by atoms with E-state index in [1.807, 2.05) is 6.20 Å². The van der Waals surface area contributed by atoms with Gasteiger partial charge in [-0.15, -0.1) is 11.3 Å². The van der Waals surface area contributed by atoms with Crippen LogP contribution in [0.1, 0.15) is 28.4 Å². The number of anilines is 1. The Kier molecular flexibility index (Phi) is 4.56. The van der Waals surface area contributed by atoms with Gasteiger partial charge in [0.05, 0.1) is 6.04 Å². The number of hydrogen-bond donors (Lipinski definition) is 1. The Morgan fingerprint density at radius 2 is 1.95 bits per heavy atom. The van der Waals surface area contributed by atoms with Crippen LogP contribution in [-0.2, 0) is 6.54 Å². The predicted octanol–water partition coefficient (Wildman–Crippen LogP) is 3.37. The fourth-order valence-corrected chi connectivity index (χ4v) is 2.64. The van der Waals surface area contributed by atoms with Crippen LogP contribution in [0.2, 0.25) is 0 Å². The van der Waals surface area contributed by atoms with E-state index in [0.29, 0.717) is 6.04 Å². The molecule has 0 aliphatic carbocycles. The van der Waals surface area contributed by atoms with Crippen molar-refractivity contribution >= 4 is 17.0 Å². The first-order valence-electron chi connectivity index (χ1n) is 6.48. The van der Waals surface area contributed by atoms with Crippen molar-refractivity contribution in [3.63, 3.8) is 0 Å². The number of aryl methyl sites for hydroxylation is 1. The molecule has 0 aliphatic heterocycles. The van der Waals surface area contributed by atoms with Gasteiger partial charge in [-0.2, -0.15) is 0 Å². The highest BCUT2D eigenvalue weighted by Crippen LogP contribution is 2.19. The lowest BCUT2D eigenvalue weighted by Gasteiger charge is -2.14. The smallest absolute Gasteiger partial charge is 0.109 e. The van der Waals surface area contributed by atoms with E-state index in [4.69, 9.17) is 0 Å². The normalized spacial score (nSPS) is 12.4. The molecule has 102 valence electrons. The van der Waals surface area contributed by atoms with Gasteiger partial charge in [-0.25, -0.2) is 4.98 Å². The Hall–Kier alpha value is -1.39. The Morgan fingerprint density at radius 3 is 2.47 bits per heavy atom. The third kappa shape index (κ3) is 3.78. The van der Waals surface area contributed by atoms with Gasteiger partial charge in [0.25, 0.3) is 0 Å². The first-order chi connectivity index (χ1) is 9.06. The van der Waals surface area contributed by atoms with E-state index in [-0.39, 0.29) is 0 Å². The molecule has 0 fully saturated rings. The van der Waals surface area contributed by atoms with Crippen LogP contribution < -0.4 is 10.2 Å². The van der Waals surface area contributed by atoms with E-state index in [0.717, 1.165) is 11.6 Å². The van der Waals surface area contributed by atoms with Crippen molar-refractivity contribution in [1.29, 1.82) is 0 Å². The van der Waals surface area contributed by atoms with Crippen molar-refractivity contribution in [2.24, 2.45) is 0 Å². The second kappa shape index (κ2) is 6.17. The lowest BCUT2D eigenvalue weighted by atomic mass is 10.2. The van der Waals surface area contributed by atoms with Crippen molar-refractivity contribution in [3.05, 3.63) is 45.9 Å². The summed E-state index contributed by atoms with van der Waals surface area (Å²) in [5, 5.41) is 4.67. The van der Waals surface area contributed by atoms with Gasteiger partial charge >= 0.3 is 0 Å². The minimum absolute atomic E-state index is 0.298. The van der Waals surface area contributed by atoms with Crippen molar-refractivity contribution in [1.82, 2.24) is 10.3 Å². The lowest BCUT2D eigenvalue weighted by Crippen LogP contribution is -2.18. The minimum atomic E-state index is 0.298. The SMILES string of the molecule is Cc1cnc(C(C)NCc2ccc(N(C)C)cc2)s1. The molecule has 0 spiro atoms. The largest absolute Gasteiger partial charge is 0.378 e. The van der Waals surface area contributed by atoms with Gasteiger partial charge in [0.1, 0.15) is 5.01 Å². The van der Waals surface area contributed by atoms with Crippen LogP contribution in [0.5, 0.6) is 0 Å². The highest BCUT2D eigenvalue weighted by molar-refractivity contribution is 7.11. The summed E-state index contributed by atoms with van der Waals surface area (Å²) in [6.07, 6.45) is 1.93. The van der Waals surface area contributed by atoms with Crippen LogP contribution in [0.4, 0.5) is 5.69 Å². The summed E-state index contributed by atoms with van der Waals surface area (Å²) < 4.78 is 0. The Morgan fingerprint density at radius 1 is 1.26 bits per heavy atom. The summed E-state index contributed by atoms with van der Waals surface area (Å²) in [6.45, 7) is 5.12. The van der Waals surface area contributed by atoms with Gasteiger partial charge in [-0.3, -0.25) is 0 Å². The van der Waals surface area contributed by atoms with Crippen molar-refractivity contribution in [2.75, 3.05) is 19.0 Å². The molecular weight excluding hydrogens is 254 g/mol. The van der Waals surface area contributed by atoms with Gasteiger partial charge in [0.15, 0.2) is 0 Å². The molecule has 0 aliphatic rings. The van der Waals surface area contributed by atoms with Crippen molar-refractivity contribution in [3.8, 4) is 0 Å². The predicted molar refractivity (Wildman–Crippen MR) is 82.9 cm³/mol.